The summed E-state index contributed by atoms with van der Waals surface area (Å²) in [5, 5.41) is 11.1. The number of aromatic nitrogens is 2. The molecule has 1 aliphatic rings. The number of ether oxygens (including phenoxy) is 1. The Morgan fingerprint density at radius 1 is 1.25 bits per heavy atom. The van der Waals surface area contributed by atoms with E-state index in [1.165, 1.54) is 0 Å². The number of hydrogen-bond acceptors (Lipinski definition) is 4. The fourth-order valence-electron chi connectivity index (χ4n) is 2.79. The normalized spacial score (nSPS) is 17.0. The van der Waals surface area contributed by atoms with Gasteiger partial charge in [0.1, 0.15) is 0 Å². The van der Waals surface area contributed by atoms with Crippen LogP contribution in [0, 0.1) is 5.92 Å². The second kappa shape index (κ2) is 7.88. The Morgan fingerprint density at radius 2 is 2.08 bits per heavy atom. The van der Waals surface area contributed by atoms with Crippen LogP contribution in [0.1, 0.15) is 13.3 Å². The lowest BCUT2D eigenvalue weighted by Crippen LogP contribution is -2.33. The molecule has 0 aliphatic carbocycles. The van der Waals surface area contributed by atoms with Gasteiger partial charge in [-0.2, -0.15) is 0 Å². The highest BCUT2D eigenvalue weighted by Crippen LogP contribution is 2.19. The molecule has 0 unspecified atom stereocenters. The quantitative estimate of drug-likeness (QED) is 0.917. The minimum Gasteiger partial charge on any atom is -0.381 e. The van der Waals surface area contributed by atoms with Crippen LogP contribution in [-0.2, 0) is 4.74 Å². The van der Waals surface area contributed by atoms with E-state index in [2.05, 4.69) is 15.5 Å². The van der Waals surface area contributed by atoms with Gasteiger partial charge >= 0.3 is 6.03 Å². The summed E-state index contributed by atoms with van der Waals surface area (Å²) in [5.74, 6) is 0.884. The Morgan fingerprint density at radius 3 is 2.79 bits per heavy atom. The summed E-state index contributed by atoms with van der Waals surface area (Å²) >= 11 is 0. The van der Waals surface area contributed by atoms with Gasteiger partial charge in [0, 0.05) is 31.2 Å². The summed E-state index contributed by atoms with van der Waals surface area (Å²) in [6, 6.07) is 13.3. The molecule has 1 fully saturated rings. The van der Waals surface area contributed by atoms with Gasteiger partial charge in [-0.25, -0.2) is 4.79 Å². The first kappa shape index (κ1) is 16.4. The van der Waals surface area contributed by atoms with Gasteiger partial charge in [0.2, 0.25) is 0 Å². The molecule has 0 saturated carbocycles. The number of likely N-dealkylation sites (tertiary alicyclic amines) is 1. The van der Waals surface area contributed by atoms with Crippen LogP contribution in [0.4, 0.5) is 10.6 Å². The summed E-state index contributed by atoms with van der Waals surface area (Å²) in [6.45, 7) is 4.88. The van der Waals surface area contributed by atoms with Gasteiger partial charge in [-0.3, -0.25) is 5.32 Å². The zero-order valence-corrected chi connectivity index (χ0v) is 13.8. The summed E-state index contributed by atoms with van der Waals surface area (Å²) in [7, 11) is 0. The molecule has 126 valence electrons. The van der Waals surface area contributed by atoms with E-state index in [9.17, 15) is 4.79 Å². The van der Waals surface area contributed by atoms with Crippen LogP contribution in [0.15, 0.2) is 42.5 Å². The van der Waals surface area contributed by atoms with Crippen LogP contribution in [0.2, 0.25) is 0 Å². The maximum absolute atomic E-state index is 12.3. The van der Waals surface area contributed by atoms with Crippen molar-refractivity contribution >= 4 is 11.8 Å². The van der Waals surface area contributed by atoms with Crippen molar-refractivity contribution in [1.29, 1.82) is 0 Å². The molecule has 0 spiro atoms. The summed E-state index contributed by atoms with van der Waals surface area (Å²) in [4.78, 5) is 14.1. The Hall–Kier alpha value is -2.47. The first-order valence-electron chi connectivity index (χ1n) is 8.29. The standard InChI is InChI=1S/C18H22N4O2/c1-2-24-13-14-10-11-22(12-14)18(23)19-17-9-8-16(20-21-17)15-6-4-3-5-7-15/h3-9,14H,2,10-13H2,1H3,(H,19,21,23)/t14-/m1/s1. The lowest BCUT2D eigenvalue weighted by molar-refractivity contribution is 0.113. The first-order valence-corrected chi connectivity index (χ1v) is 8.29. The molecular formula is C18H22N4O2. The topological polar surface area (TPSA) is 67.3 Å². The van der Waals surface area contributed by atoms with Crippen molar-refractivity contribution in [2.75, 3.05) is 31.6 Å². The maximum Gasteiger partial charge on any atom is 0.323 e. The number of amides is 2. The molecule has 1 aromatic carbocycles. The van der Waals surface area contributed by atoms with Crippen molar-refractivity contribution in [3.8, 4) is 11.3 Å². The Bertz CT molecular complexity index is 660. The molecule has 0 bridgehead atoms. The van der Waals surface area contributed by atoms with Gasteiger partial charge in [-0.1, -0.05) is 30.3 Å². The van der Waals surface area contributed by atoms with Crippen LogP contribution in [0.3, 0.4) is 0 Å². The number of carbonyl (C=O) groups excluding carboxylic acids is 1. The van der Waals surface area contributed by atoms with Gasteiger partial charge < -0.3 is 9.64 Å². The first-order chi connectivity index (χ1) is 11.8. The Kier molecular flexibility index (Phi) is 5.38. The number of benzene rings is 1. The number of rotatable bonds is 5. The lowest BCUT2D eigenvalue weighted by atomic mass is 10.1. The smallest absolute Gasteiger partial charge is 0.323 e. The van der Waals surface area contributed by atoms with Crippen molar-refractivity contribution < 1.29 is 9.53 Å². The molecule has 2 amide bonds. The van der Waals surface area contributed by atoms with E-state index in [0.717, 1.165) is 30.8 Å². The van der Waals surface area contributed by atoms with Gasteiger partial charge in [0.25, 0.3) is 0 Å². The van der Waals surface area contributed by atoms with Crippen molar-refractivity contribution in [3.05, 3.63) is 42.5 Å². The van der Waals surface area contributed by atoms with Crippen LogP contribution in [0.25, 0.3) is 11.3 Å². The predicted octanol–water partition coefficient (Wildman–Crippen LogP) is 3.03. The molecule has 1 aromatic heterocycles. The van der Waals surface area contributed by atoms with E-state index in [1.807, 2.05) is 43.3 Å². The van der Waals surface area contributed by atoms with E-state index in [-0.39, 0.29) is 6.03 Å². The molecule has 24 heavy (non-hydrogen) atoms. The average molecular weight is 326 g/mol. The molecule has 0 radical (unpaired) electrons. The van der Waals surface area contributed by atoms with Crippen molar-refractivity contribution in [3.63, 3.8) is 0 Å². The van der Waals surface area contributed by atoms with Crippen LogP contribution in [-0.4, -0.2) is 47.4 Å². The third kappa shape index (κ3) is 4.08. The van der Waals surface area contributed by atoms with E-state index < -0.39 is 0 Å². The summed E-state index contributed by atoms with van der Waals surface area (Å²) in [6.07, 6.45) is 0.978. The zero-order valence-electron chi connectivity index (χ0n) is 13.8. The number of hydrogen-bond donors (Lipinski definition) is 1. The lowest BCUT2D eigenvalue weighted by Gasteiger charge is -2.17. The number of carbonyl (C=O) groups is 1. The van der Waals surface area contributed by atoms with Crippen molar-refractivity contribution in [1.82, 2.24) is 15.1 Å². The Balaban J connectivity index is 1.55. The molecule has 6 heteroatoms. The molecule has 2 aromatic rings. The molecule has 3 rings (SSSR count). The minimum absolute atomic E-state index is 0.129. The monoisotopic (exact) mass is 326 g/mol. The van der Waals surface area contributed by atoms with E-state index >= 15 is 0 Å². The van der Waals surface area contributed by atoms with Crippen molar-refractivity contribution in [2.45, 2.75) is 13.3 Å². The zero-order chi connectivity index (χ0) is 16.8. The molecule has 1 aliphatic heterocycles. The largest absolute Gasteiger partial charge is 0.381 e. The molecule has 1 saturated heterocycles. The highest BCUT2D eigenvalue weighted by atomic mass is 16.5. The van der Waals surface area contributed by atoms with E-state index in [0.29, 0.717) is 24.9 Å². The van der Waals surface area contributed by atoms with E-state index in [1.54, 1.807) is 11.0 Å². The number of nitrogens with one attached hydrogen (secondary N) is 1. The van der Waals surface area contributed by atoms with Gasteiger partial charge in [-0.15, -0.1) is 10.2 Å². The second-order valence-electron chi connectivity index (χ2n) is 5.86. The average Bonchev–Trinajstić information content (AvgIpc) is 3.10. The maximum atomic E-state index is 12.3. The summed E-state index contributed by atoms with van der Waals surface area (Å²) < 4.78 is 5.44. The predicted molar refractivity (Wildman–Crippen MR) is 92.7 cm³/mol. The van der Waals surface area contributed by atoms with Crippen molar-refractivity contribution in [2.24, 2.45) is 5.92 Å². The fraction of sp³-hybridized carbons (Fsp3) is 0.389. The number of urea groups is 1. The van der Waals surface area contributed by atoms with Gasteiger partial charge in [0.15, 0.2) is 5.82 Å². The highest BCUT2D eigenvalue weighted by molar-refractivity contribution is 5.88. The molecular weight excluding hydrogens is 304 g/mol. The number of anilines is 1. The third-order valence-corrected chi connectivity index (χ3v) is 4.10. The molecule has 1 N–H and O–H groups in total. The fourth-order valence-corrected chi connectivity index (χ4v) is 2.79. The van der Waals surface area contributed by atoms with Gasteiger partial charge in [0.05, 0.1) is 12.3 Å². The Labute approximate surface area is 141 Å². The van der Waals surface area contributed by atoms with Crippen LogP contribution in [0.5, 0.6) is 0 Å². The molecule has 2 heterocycles. The molecule has 6 nitrogen and oxygen atoms in total. The second-order valence-corrected chi connectivity index (χ2v) is 5.86. The highest BCUT2D eigenvalue weighted by Gasteiger charge is 2.26. The van der Waals surface area contributed by atoms with E-state index in [4.69, 9.17) is 4.74 Å². The number of nitrogens with zero attached hydrogens (tertiary/aromatic N) is 3. The van der Waals surface area contributed by atoms with Gasteiger partial charge in [-0.05, 0) is 25.5 Å². The molecule has 1 atom stereocenters. The SMILES string of the molecule is CCOC[C@@H]1CCN(C(=O)Nc2ccc(-c3ccccc3)nn2)C1. The summed E-state index contributed by atoms with van der Waals surface area (Å²) in [5.41, 5.74) is 1.78. The van der Waals surface area contributed by atoms with Crippen LogP contribution >= 0.6 is 0 Å². The third-order valence-electron chi connectivity index (χ3n) is 4.10. The van der Waals surface area contributed by atoms with Crippen LogP contribution < -0.4 is 5.32 Å². The minimum atomic E-state index is -0.129.